The second-order valence-electron chi connectivity index (χ2n) is 3.46. The van der Waals surface area contributed by atoms with E-state index in [1.165, 1.54) is 12.8 Å². The van der Waals surface area contributed by atoms with Gasteiger partial charge < -0.3 is 9.13 Å². The summed E-state index contributed by atoms with van der Waals surface area (Å²) >= 11 is 0. The van der Waals surface area contributed by atoms with Crippen LogP contribution in [-0.4, -0.2) is 19.1 Å². The lowest BCUT2D eigenvalue weighted by Gasteiger charge is -1.76. The van der Waals surface area contributed by atoms with Crippen LogP contribution in [0.15, 0.2) is 37.4 Å². The lowest BCUT2D eigenvalue weighted by molar-refractivity contribution is 0.886. The maximum Gasteiger partial charge on any atom is 0.0943 e. The van der Waals surface area contributed by atoms with Gasteiger partial charge in [0.15, 0.2) is 0 Å². The van der Waals surface area contributed by atoms with Crippen LogP contribution in [0.5, 0.6) is 0 Å². The van der Waals surface area contributed by atoms with Gasteiger partial charge in [-0.1, -0.05) is 26.7 Å². The number of unbranched alkanes of at least 4 members (excludes halogenated alkanes) is 1. The fourth-order valence-corrected chi connectivity index (χ4v) is 0.652. The Hall–Kier alpha value is -1.72. The number of halogens is 2. The van der Waals surface area contributed by atoms with Crippen molar-refractivity contribution in [1.29, 1.82) is 0 Å². The smallest absolute Gasteiger partial charge is 0.0943 e. The molecule has 0 saturated carbocycles. The summed E-state index contributed by atoms with van der Waals surface area (Å²) in [5, 5.41) is 0. The molecule has 0 saturated heterocycles. The molecule has 2 rings (SSSR count). The van der Waals surface area contributed by atoms with E-state index in [2.05, 4.69) is 23.8 Å². The summed E-state index contributed by atoms with van der Waals surface area (Å²) in [7, 11) is 3.88. The van der Waals surface area contributed by atoms with E-state index >= 15 is 0 Å². The maximum atomic E-state index is 3.78. The number of aryl methyl sites for hydroxylation is 2. The molecule has 4 nitrogen and oxygen atoms in total. The Morgan fingerprint density at radius 3 is 1.17 bits per heavy atom. The van der Waals surface area contributed by atoms with Gasteiger partial charge in [0.05, 0.1) is 12.7 Å². The maximum absolute atomic E-state index is 3.78. The summed E-state index contributed by atoms with van der Waals surface area (Å²) in [4.78, 5) is 7.57. The van der Waals surface area contributed by atoms with E-state index in [0.717, 1.165) is 0 Å². The molecule has 2 aromatic rings. The summed E-state index contributed by atoms with van der Waals surface area (Å²) in [6, 6.07) is 0. The van der Waals surface area contributed by atoms with Crippen LogP contribution in [0.4, 0.5) is 9.41 Å². The van der Waals surface area contributed by atoms with Gasteiger partial charge in [-0.2, -0.15) is 0 Å². The zero-order valence-corrected chi connectivity index (χ0v) is 11.5. The highest BCUT2D eigenvalue weighted by molar-refractivity contribution is 4.70. The molecule has 2 aromatic heterocycles. The van der Waals surface area contributed by atoms with E-state index in [0.29, 0.717) is 0 Å². The van der Waals surface area contributed by atoms with Gasteiger partial charge >= 0.3 is 0 Å². The van der Waals surface area contributed by atoms with Crippen molar-refractivity contribution in [3.63, 3.8) is 0 Å². The average Bonchev–Trinajstić information content (AvgIpc) is 2.93. The van der Waals surface area contributed by atoms with Crippen molar-refractivity contribution in [2.45, 2.75) is 26.7 Å². The van der Waals surface area contributed by atoms with Crippen molar-refractivity contribution in [2.24, 2.45) is 14.1 Å². The Kier molecular flexibility index (Phi) is 18.3. The Morgan fingerprint density at radius 2 is 1.11 bits per heavy atom. The molecule has 18 heavy (non-hydrogen) atoms. The van der Waals surface area contributed by atoms with Gasteiger partial charge in [0.2, 0.25) is 0 Å². The van der Waals surface area contributed by atoms with Crippen molar-refractivity contribution in [3.05, 3.63) is 37.4 Å². The lowest BCUT2D eigenvalue weighted by atomic mass is 10.4. The largest absolute Gasteiger partial charge is 0.341 e. The molecule has 0 aliphatic carbocycles. The fraction of sp³-hybridized carbons (Fsp3) is 0.500. The monoisotopic (exact) mass is 262 g/mol. The Labute approximate surface area is 107 Å². The van der Waals surface area contributed by atoms with Gasteiger partial charge in [0.1, 0.15) is 0 Å². The molecule has 0 aliphatic heterocycles. The topological polar surface area (TPSA) is 35.6 Å². The predicted molar refractivity (Wildman–Crippen MR) is 72.0 cm³/mol. The summed E-state index contributed by atoms with van der Waals surface area (Å²) in [6.45, 7) is 4.36. The van der Waals surface area contributed by atoms with Crippen molar-refractivity contribution in [2.75, 3.05) is 0 Å². The van der Waals surface area contributed by atoms with Crippen LogP contribution >= 0.6 is 0 Å². The molecule has 0 N–H and O–H groups in total. The Bertz CT molecular complexity index is 285. The van der Waals surface area contributed by atoms with E-state index in [1.54, 1.807) is 25.0 Å². The summed E-state index contributed by atoms with van der Waals surface area (Å²) in [6.07, 6.45) is 13.4. The molecule has 106 valence electrons. The van der Waals surface area contributed by atoms with Crippen molar-refractivity contribution in [1.82, 2.24) is 19.1 Å². The van der Waals surface area contributed by atoms with Crippen LogP contribution in [0.2, 0.25) is 0 Å². The molecule has 0 atom stereocenters. The zero-order chi connectivity index (χ0) is 12.2. The van der Waals surface area contributed by atoms with E-state index < -0.39 is 0 Å². The third-order valence-electron chi connectivity index (χ3n) is 1.77. The van der Waals surface area contributed by atoms with Crippen molar-refractivity contribution >= 4 is 0 Å². The highest BCUT2D eigenvalue weighted by Gasteiger charge is 1.69. The number of aromatic nitrogens is 4. The van der Waals surface area contributed by atoms with E-state index in [9.17, 15) is 0 Å². The summed E-state index contributed by atoms with van der Waals surface area (Å²) in [5.74, 6) is 0. The fourth-order valence-electron chi connectivity index (χ4n) is 0.652. The molecular formula is C12H24F2N4. The summed E-state index contributed by atoms with van der Waals surface area (Å²) in [5.41, 5.74) is 0. The molecule has 2 heterocycles. The second kappa shape index (κ2) is 15.3. The third kappa shape index (κ3) is 14.3. The van der Waals surface area contributed by atoms with Crippen LogP contribution in [0, 0.1) is 0 Å². The van der Waals surface area contributed by atoms with E-state index in [1.807, 2.05) is 35.6 Å². The van der Waals surface area contributed by atoms with Crippen LogP contribution in [0.3, 0.4) is 0 Å². The van der Waals surface area contributed by atoms with Crippen molar-refractivity contribution in [3.8, 4) is 0 Å². The first-order valence-electron chi connectivity index (χ1n) is 5.54. The van der Waals surface area contributed by atoms with Crippen molar-refractivity contribution < 1.29 is 9.41 Å². The zero-order valence-electron chi connectivity index (χ0n) is 11.5. The molecule has 0 unspecified atom stereocenters. The Balaban J connectivity index is -0.000000182. The first-order chi connectivity index (χ1) is 7.70. The molecule has 0 spiro atoms. The Morgan fingerprint density at radius 1 is 0.778 bits per heavy atom. The predicted octanol–water partition coefficient (Wildman–Crippen LogP) is 2.95. The quantitative estimate of drug-likeness (QED) is 0.792. The highest BCUT2D eigenvalue weighted by Crippen LogP contribution is 1.76. The number of hydrogen-bond donors (Lipinski definition) is 0. The number of nitrogens with zero attached hydrogens (tertiary/aromatic N) is 4. The molecule has 0 aliphatic rings. The van der Waals surface area contributed by atoms with Gasteiger partial charge in [0, 0.05) is 38.9 Å². The van der Waals surface area contributed by atoms with E-state index in [-0.39, 0.29) is 9.41 Å². The summed E-state index contributed by atoms with van der Waals surface area (Å²) < 4.78 is 3.78. The van der Waals surface area contributed by atoms with Crippen LogP contribution < -0.4 is 0 Å². The number of rotatable bonds is 1. The minimum atomic E-state index is 0. The standard InChI is InChI=1S/2C4H6N2.C4H10.2FH/c2*1-6-3-2-5-4-6;1-3-4-2;;/h2*2-4H,1H3;3-4H2,1-2H3;2*1H. The lowest BCUT2D eigenvalue weighted by Crippen LogP contribution is -1.76. The molecule has 0 radical (unpaired) electrons. The highest BCUT2D eigenvalue weighted by atomic mass is 19.0. The van der Waals surface area contributed by atoms with Crippen LogP contribution in [0.25, 0.3) is 0 Å². The van der Waals surface area contributed by atoms with E-state index in [4.69, 9.17) is 0 Å². The molecule has 6 heteroatoms. The molecule has 0 aromatic carbocycles. The first kappa shape index (κ1) is 21.6. The third-order valence-corrected chi connectivity index (χ3v) is 1.77. The van der Waals surface area contributed by atoms with Gasteiger partial charge in [0.25, 0.3) is 0 Å². The van der Waals surface area contributed by atoms with Gasteiger partial charge in [-0.25, -0.2) is 9.97 Å². The van der Waals surface area contributed by atoms with Gasteiger partial charge in [-0.3, -0.25) is 9.41 Å². The van der Waals surface area contributed by atoms with Gasteiger partial charge in [-0.15, -0.1) is 0 Å². The molecule has 0 fully saturated rings. The minimum absolute atomic E-state index is 0. The average molecular weight is 262 g/mol. The molecule has 0 amide bonds. The SMILES string of the molecule is CCCC.Cn1ccnc1.Cn1ccnc1.F.F. The van der Waals surface area contributed by atoms with Crippen LogP contribution in [-0.2, 0) is 14.1 Å². The minimum Gasteiger partial charge on any atom is -0.341 e. The molecular weight excluding hydrogens is 238 g/mol. The van der Waals surface area contributed by atoms with Crippen LogP contribution in [0.1, 0.15) is 26.7 Å². The number of hydrogen-bond acceptors (Lipinski definition) is 2. The molecule has 0 bridgehead atoms. The number of imidazole rings is 2. The van der Waals surface area contributed by atoms with Gasteiger partial charge in [-0.05, 0) is 0 Å². The normalized spacial score (nSPS) is 7.56. The second-order valence-corrected chi connectivity index (χ2v) is 3.46. The first-order valence-corrected chi connectivity index (χ1v) is 5.54.